The van der Waals surface area contributed by atoms with E-state index < -0.39 is 17.4 Å². The molecule has 0 amide bonds. The van der Waals surface area contributed by atoms with Crippen LogP contribution in [0.5, 0.6) is 0 Å². The van der Waals surface area contributed by atoms with Crippen LogP contribution in [0.3, 0.4) is 0 Å². The molecule has 0 bridgehead atoms. The predicted molar refractivity (Wildman–Crippen MR) is 70.5 cm³/mol. The third-order valence-corrected chi connectivity index (χ3v) is 3.43. The normalized spacial score (nSPS) is 20.2. The summed E-state index contributed by atoms with van der Waals surface area (Å²) in [5.41, 5.74) is -2.57. The van der Waals surface area contributed by atoms with Crippen LogP contribution < -0.4 is 10.6 Å². The van der Waals surface area contributed by atoms with E-state index in [-0.39, 0.29) is 17.3 Å². The number of halogens is 4. The van der Waals surface area contributed by atoms with Gasteiger partial charge in [0, 0.05) is 18.3 Å². The lowest BCUT2D eigenvalue weighted by atomic mass is 9.96. The summed E-state index contributed by atoms with van der Waals surface area (Å²) in [5.74, 6) is 0. The van der Waals surface area contributed by atoms with E-state index in [0.29, 0.717) is 6.54 Å². The van der Waals surface area contributed by atoms with E-state index in [1.165, 1.54) is 26.0 Å². The fraction of sp³-hybridized carbons (Fsp3) is 0.571. The summed E-state index contributed by atoms with van der Waals surface area (Å²) in [6, 6.07) is 3.59. The van der Waals surface area contributed by atoms with Crippen LogP contribution in [0.15, 0.2) is 18.2 Å². The van der Waals surface area contributed by atoms with Crippen molar-refractivity contribution in [1.29, 1.82) is 0 Å². The first-order valence-electron chi connectivity index (χ1n) is 6.56. The second-order valence-corrected chi connectivity index (χ2v) is 5.56. The van der Waals surface area contributed by atoms with Crippen LogP contribution in [0.25, 0.3) is 0 Å². The molecule has 2 rings (SSSR count). The minimum atomic E-state index is -4.50. The zero-order chi connectivity index (χ0) is 15.0. The molecule has 0 aliphatic carbocycles. The zero-order valence-electron chi connectivity index (χ0n) is 11.4. The van der Waals surface area contributed by atoms with Crippen molar-refractivity contribution in [3.63, 3.8) is 0 Å². The second kappa shape index (κ2) is 5.24. The smallest absolute Gasteiger partial charge is 0.380 e. The molecule has 1 aliphatic heterocycles. The number of rotatable bonds is 3. The summed E-state index contributed by atoms with van der Waals surface area (Å²) < 4.78 is 53.2. The van der Waals surface area contributed by atoms with Gasteiger partial charge in [-0.2, -0.15) is 13.2 Å². The van der Waals surface area contributed by atoms with Crippen molar-refractivity contribution in [2.75, 3.05) is 18.4 Å². The van der Waals surface area contributed by atoms with Gasteiger partial charge in [0.1, 0.15) is 5.67 Å². The highest BCUT2D eigenvalue weighted by molar-refractivity contribution is 5.55. The quantitative estimate of drug-likeness (QED) is 0.830. The van der Waals surface area contributed by atoms with E-state index in [9.17, 15) is 17.6 Å². The van der Waals surface area contributed by atoms with Gasteiger partial charge in [0.05, 0.1) is 5.56 Å². The molecule has 6 heteroatoms. The Balaban J connectivity index is 2.35. The van der Waals surface area contributed by atoms with Crippen molar-refractivity contribution >= 4 is 5.69 Å². The first-order valence-corrected chi connectivity index (χ1v) is 6.56. The molecule has 0 saturated carbocycles. The lowest BCUT2D eigenvalue weighted by Crippen LogP contribution is -2.24. The molecule has 0 radical (unpaired) electrons. The SMILES string of the molecule is CC(C)(F)c1ccc(NC2CCNC2)c(C(F)(F)F)c1. The average molecular weight is 290 g/mol. The minimum absolute atomic E-state index is 0.0131. The molecule has 1 unspecified atom stereocenters. The molecule has 0 spiro atoms. The predicted octanol–water partition coefficient (Wildman–Crippen LogP) is 3.68. The number of nitrogens with one attached hydrogen (secondary N) is 2. The Labute approximate surface area is 115 Å². The Kier molecular flexibility index (Phi) is 3.95. The molecule has 0 aromatic heterocycles. The Morgan fingerprint density at radius 1 is 1.20 bits per heavy atom. The van der Waals surface area contributed by atoms with Gasteiger partial charge >= 0.3 is 6.18 Å². The molecule has 1 saturated heterocycles. The molecule has 2 nitrogen and oxygen atoms in total. The lowest BCUT2D eigenvalue weighted by molar-refractivity contribution is -0.137. The Morgan fingerprint density at radius 3 is 2.40 bits per heavy atom. The monoisotopic (exact) mass is 290 g/mol. The Morgan fingerprint density at radius 2 is 1.90 bits per heavy atom. The van der Waals surface area contributed by atoms with E-state index in [4.69, 9.17) is 0 Å². The molecule has 1 aliphatic rings. The van der Waals surface area contributed by atoms with Crippen molar-refractivity contribution in [3.05, 3.63) is 29.3 Å². The third kappa shape index (κ3) is 3.42. The zero-order valence-corrected chi connectivity index (χ0v) is 11.4. The van der Waals surface area contributed by atoms with E-state index in [2.05, 4.69) is 10.6 Å². The van der Waals surface area contributed by atoms with Crippen LogP contribution in [0.2, 0.25) is 0 Å². The summed E-state index contributed by atoms with van der Waals surface area (Å²) in [7, 11) is 0. The number of hydrogen-bond acceptors (Lipinski definition) is 2. The fourth-order valence-corrected chi connectivity index (χ4v) is 2.27. The van der Waals surface area contributed by atoms with E-state index in [1.54, 1.807) is 0 Å². The largest absolute Gasteiger partial charge is 0.418 e. The van der Waals surface area contributed by atoms with Crippen molar-refractivity contribution < 1.29 is 17.6 Å². The van der Waals surface area contributed by atoms with Crippen molar-refractivity contribution in [2.24, 2.45) is 0 Å². The summed E-state index contributed by atoms with van der Waals surface area (Å²) in [4.78, 5) is 0. The van der Waals surface area contributed by atoms with Gasteiger partial charge in [-0.1, -0.05) is 6.07 Å². The fourth-order valence-electron chi connectivity index (χ4n) is 2.27. The summed E-state index contributed by atoms with van der Waals surface area (Å²) in [6.07, 6.45) is -3.73. The van der Waals surface area contributed by atoms with Crippen LogP contribution in [-0.4, -0.2) is 19.1 Å². The van der Waals surface area contributed by atoms with Crippen LogP contribution >= 0.6 is 0 Å². The topological polar surface area (TPSA) is 24.1 Å². The van der Waals surface area contributed by atoms with E-state index in [1.807, 2.05) is 0 Å². The van der Waals surface area contributed by atoms with Gasteiger partial charge in [0.25, 0.3) is 0 Å². The van der Waals surface area contributed by atoms with Gasteiger partial charge in [0.15, 0.2) is 0 Å². The second-order valence-electron chi connectivity index (χ2n) is 5.56. The standard InChI is InChI=1S/C14H18F4N2/c1-13(2,15)9-3-4-12(11(7-9)14(16,17)18)20-10-5-6-19-8-10/h3-4,7,10,19-20H,5-6,8H2,1-2H3. The highest BCUT2D eigenvalue weighted by Gasteiger charge is 2.36. The van der Waals surface area contributed by atoms with Crippen LogP contribution in [0.4, 0.5) is 23.2 Å². The van der Waals surface area contributed by atoms with Crippen LogP contribution in [0, 0.1) is 0 Å². The molecule has 20 heavy (non-hydrogen) atoms. The molecule has 1 atom stereocenters. The molecule has 1 aromatic carbocycles. The average Bonchev–Trinajstić information content (AvgIpc) is 2.79. The number of alkyl halides is 4. The number of anilines is 1. The van der Waals surface area contributed by atoms with Crippen molar-refractivity contribution in [1.82, 2.24) is 5.32 Å². The summed E-state index contributed by atoms with van der Waals surface area (Å²) in [6.45, 7) is 3.91. The molecule has 1 fully saturated rings. The van der Waals surface area contributed by atoms with Crippen molar-refractivity contribution in [2.45, 2.75) is 38.2 Å². The van der Waals surface area contributed by atoms with Gasteiger partial charge in [-0.05, 0) is 44.5 Å². The maximum absolute atomic E-state index is 13.8. The third-order valence-electron chi connectivity index (χ3n) is 3.43. The van der Waals surface area contributed by atoms with Crippen LogP contribution in [0.1, 0.15) is 31.4 Å². The van der Waals surface area contributed by atoms with Gasteiger partial charge in [-0.25, -0.2) is 4.39 Å². The van der Waals surface area contributed by atoms with Gasteiger partial charge in [-0.15, -0.1) is 0 Å². The Hall–Kier alpha value is -1.30. The maximum Gasteiger partial charge on any atom is 0.418 e. The highest BCUT2D eigenvalue weighted by atomic mass is 19.4. The first-order chi connectivity index (χ1) is 9.18. The molecule has 1 heterocycles. The molecule has 2 N–H and O–H groups in total. The van der Waals surface area contributed by atoms with Gasteiger partial charge in [-0.3, -0.25) is 0 Å². The number of hydrogen-bond donors (Lipinski definition) is 2. The minimum Gasteiger partial charge on any atom is -0.380 e. The molecule has 1 aromatic rings. The van der Waals surface area contributed by atoms with Gasteiger partial charge < -0.3 is 10.6 Å². The first kappa shape index (κ1) is 15.1. The molecule has 112 valence electrons. The Bertz CT molecular complexity index is 471. The maximum atomic E-state index is 13.8. The summed E-state index contributed by atoms with van der Waals surface area (Å²) >= 11 is 0. The lowest BCUT2D eigenvalue weighted by Gasteiger charge is -2.22. The van der Waals surface area contributed by atoms with Crippen LogP contribution in [-0.2, 0) is 11.8 Å². The molecular formula is C14H18F4N2. The number of benzene rings is 1. The van der Waals surface area contributed by atoms with E-state index >= 15 is 0 Å². The van der Waals surface area contributed by atoms with E-state index in [0.717, 1.165) is 19.0 Å². The molecular weight excluding hydrogens is 272 g/mol. The highest BCUT2D eigenvalue weighted by Crippen LogP contribution is 2.38. The van der Waals surface area contributed by atoms with Gasteiger partial charge in [0.2, 0.25) is 0 Å². The van der Waals surface area contributed by atoms with Crippen molar-refractivity contribution in [3.8, 4) is 0 Å². The summed E-state index contributed by atoms with van der Waals surface area (Å²) in [5, 5.41) is 5.97.